The molecule has 116 valence electrons. The number of rotatable bonds is 9. The first-order valence-corrected chi connectivity index (χ1v) is 10.9. The molecule has 0 fully saturated rings. The maximum Gasteiger partial charge on any atom is 0.293 e. The van der Waals surface area contributed by atoms with Gasteiger partial charge in [-0.05, 0) is 45.0 Å². The third kappa shape index (κ3) is 7.13. The summed E-state index contributed by atoms with van der Waals surface area (Å²) in [6, 6.07) is 9.86. The lowest BCUT2D eigenvalue weighted by molar-refractivity contribution is -0.134. The van der Waals surface area contributed by atoms with Crippen LogP contribution >= 0.6 is 0 Å². The van der Waals surface area contributed by atoms with Crippen molar-refractivity contribution in [3.05, 3.63) is 47.7 Å². The Kier molecular flexibility index (Phi) is 7.23. The van der Waals surface area contributed by atoms with Gasteiger partial charge in [0.2, 0.25) is 8.32 Å². The van der Waals surface area contributed by atoms with Gasteiger partial charge in [0, 0.05) is 6.42 Å². The summed E-state index contributed by atoms with van der Waals surface area (Å²) < 4.78 is 11.2. The van der Waals surface area contributed by atoms with Crippen molar-refractivity contribution in [3.63, 3.8) is 0 Å². The Labute approximate surface area is 129 Å². The molecule has 1 aromatic rings. The summed E-state index contributed by atoms with van der Waals surface area (Å²) in [4.78, 5) is 10.7. The summed E-state index contributed by atoms with van der Waals surface area (Å²) in [5.41, 5.74) is 1.04. The fourth-order valence-corrected chi connectivity index (χ4v) is 3.16. The van der Waals surface area contributed by atoms with E-state index in [4.69, 9.17) is 9.16 Å². The molecular formula is C17H26O3Si. The molecule has 1 atom stereocenters. The highest BCUT2D eigenvalue weighted by atomic mass is 28.4. The highest BCUT2D eigenvalue weighted by molar-refractivity contribution is 6.70. The molecule has 1 unspecified atom stereocenters. The molecule has 0 saturated carbocycles. The van der Waals surface area contributed by atoms with Gasteiger partial charge in [0.25, 0.3) is 6.47 Å². The maximum absolute atomic E-state index is 10.7. The SMILES string of the molecule is C/C=C(\CCCC(OC=O)c1ccccc1)O[Si](C)(C)C. The topological polar surface area (TPSA) is 35.5 Å². The Balaban J connectivity index is 2.53. The number of ether oxygens (including phenoxy) is 1. The van der Waals surface area contributed by atoms with E-state index in [1.54, 1.807) is 0 Å². The van der Waals surface area contributed by atoms with Crippen molar-refractivity contribution in [3.8, 4) is 0 Å². The molecule has 3 nitrogen and oxygen atoms in total. The second-order valence-corrected chi connectivity index (χ2v) is 10.4. The van der Waals surface area contributed by atoms with Crippen molar-refractivity contribution in [1.29, 1.82) is 0 Å². The van der Waals surface area contributed by atoms with Crippen molar-refractivity contribution in [2.24, 2.45) is 0 Å². The molecule has 1 rings (SSSR count). The van der Waals surface area contributed by atoms with E-state index >= 15 is 0 Å². The fraction of sp³-hybridized carbons (Fsp3) is 0.471. The molecule has 0 heterocycles. The van der Waals surface area contributed by atoms with Crippen LogP contribution in [0.4, 0.5) is 0 Å². The van der Waals surface area contributed by atoms with Crippen molar-refractivity contribution in [2.75, 3.05) is 0 Å². The van der Waals surface area contributed by atoms with Crippen LogP contribution in [0.15, 0.2) is 42.2 Å². The minimum Gasteiger partial charge on any atom is -0.548 e. The Morgan fingerprint density at radius 3 is 2.43 bits per heavy atom. The van der Waals surface area contributed by atoms with Gasteiger partial charge >= 0.3 is 0 Å². The summed E-state index contributed by atoms with van der Waals surface area (Å²) in [5.74, 6) is 1.05. The van der Waals surface area contributed by atoms with Gasteiger partial charge in [-0.15, -0.1) is 0 Å². The minimum absolute atomic E-state index is 0.173. The van der Waals surface area contributed by atoms with Gasteiger partial charge in [-0.25, -0.2) is 0 Å². The molecule has 0 spiro atoms. The highest BCUT2D eigenvalue weighted by Gasteiger charge is 2.18. The summed E-state index contributed by atoms with van der Waals surface area (Å²) in [6.07, 6.45) is 4.48. The van der Waals surface area contributed by atoms with Gasteiger partial charge in [-0.2, -0.15) is 0 Å². The smallest absolute Gasteiger partial charge is 0.293 e. The molecule has 0 aliphatic rings. The maximum atomic E-state index is 10.7. The van der Waals surface area contributed by atoms with Crippen LogP contribution < -0.4 is 0 Å². The fourth-order valence-electron chi connectivity index (χ4n) is 2.16. The second-order valence-electron chi connectivity index (χ2n) is 5.99. The first-order chi connectivity index (χ1) is 9.96. The molecule has 0 amide bonds. The predicted molar refractivity (Wildman–Crippen MR) is 88.4 cm³/mol. The van der Waals surface area contributed by atoms with Gasteiger partial charge in [0.05, 0.1) is 5.76 Å². The second kappa shape index (κ2) is 8.67. The summed E-state index contributed by atoms with van der Waals surface area (Å²) in [6.45, 7) is 9.08. The molecule has 0 aromatic heterocycles. The van der Waals surface area contributed by atoms with Crippen LogP contribution in [0, 0.1) is 0 Å². The van der Waals surface area contributed by atoms with Crippen molar-refractivity contribution in [2.45, 2.75) is 51.9 Å². The molecule has 1 aromatic carbocycles. The average molecular weight is 306 g/mol. The van der Waals surface area contributed by atoms with Crippen molar-refractivity contribution >= 4 is 14.8 Å². The van der Waals surface area contributed by atoms with Gasteiger partial charge < -0.3 is 9.16 Å². The highest BCUT2D eigenvalue weighted by Crippen LogP contribution is 2.24. The van der Waals surface area contributed by atoms with Gasteiger partial charge in [-0.1, -0.05) is 36.4 Å². The Morgan fingerprint density at radius 1 is 1.24 bits per heavy atom. The third-order valence-electron chi connectivity index (χ3n) is 3.04. The van der Waals surface area contributed by atoms with E-state index in [-0.39, 0.29) is 6.10 Å². The zero-order chi connectivity index (χ0) is 15.7. The number of allylic oxidation sites excluding steroid dienone is 2. The first-order valence-electron chi connectivity index (χ1n) is 7.44. The van der Waals surface area contributed by atoms with Crippen LogP contribution in [0.5, 0.6) is 0 Å². The van der Waals surface area contributed by atoms with Crippen LogP contribution in [0.25, 0.3) is 0 Å². The number of hydrogen-bond donors (Lipinski definition) is 0. The lowest BCUT2D eigenvalue weighted by Crippen LogP contribution is -2.24. The largest absolute Gasteiger partial charge is 0.548 e. The molecular weight excluding hydrogens is 280 g/mol. The summed E-state index contributed by atoms with van der Waals surface area (Å²) >= 11 is 0. The third-order valence-corrected chi connectivity index (χ3v) is 3.91. The zero-order valence-electron chi connectivity index (χ0n) is 13.5. The monoisotopic (exact) mass is 306 g/mol. The standard InChI is InChI=1S/C17H26O3Si/c1-5-16(20-21(2,3)4)12-9-13-17(19-14-18)15-10-7-6-8-11-15/h5-8,10-11,14,17H,9,12-13H2,1-4H3/b16-5+. The van der Waals surface area contributed by atoms with E-state index in [9.17, 15) is 4.79 Å². The van der Waals surface area contributed by atoms with Gasteiger partial charge in [-0.3, -0.25) is 4.79 Å². The normalized spacial score (nSPS) is 13.6. The van der Waals surface area contributed by atoms with Crippen molar-refractivity contribution < 1.29 is 14.0 Å². The molecule has 0 aliphatic heterocycles. The van der Waals surface area contributed by atoms with E-state index in [0.29, 0.717) is 6.47 Å². The van der Waals surface area contributed by atoms with E-state index in [0.717, 1.165) is 30.6 Å². The molecule has 0 bridgehead atoms. The molecule has 0 saturated heterocycles. The van der Waals surface area contributed by atoms with E-state index < -0.39 is 8.32 Å². The van der Waals surface area contributed by atoms with Gasteiger partial charge in [0.15, 0.2) is 0 Å². The minimum atomic E-state index is -1.55. The van der Waals surface area contributed by atoms with Crippen LogP contribution in [0.1, 0.15) is 37.9 Å². The lowest BCUT2D eigenvalue weighted by Gasteiger charge is -2.22. The van der Waals surface area contributed by atoms with Crippen LogP contribution in [0.2, 0.25) is 19.6 Å². The predicted octanol–water partition coefficient (Wildman–Crippen LogP) is 4.83. The summed E-state index contributed by atoms with van der Waals surface area (Å²) in [7, 11) is -1.55. The van der Waals surface area contributed by atoms with Gasteiger partial charge in [0.1, 0.15) is 6.10 Å². The first kappa shape index (κ1) is 17.5. The van der Waals surface area contributed by atoms with Crippen LogP contribution in [-0.2, 0) is 14.0 Å². The summed E-state index contributed by atoms with van der Waals surface area (Å²) in [5, 5.41) is 0. The number of carbonyl (C=O) groups excluding carboxylic acids is 1. The van der Waals surface area contributed by atoms with Crippen LogP contribution in [0.3, 0.4) is 0 Å². The van der Waals surface area contributed by atoms with E-state index in [1.807, 2.05) is 43.3 Å². The van der Waals surface area contributed by atoms with Crippen LogP contribution in [-0.4, -0.2) is 14.8 Å². The molecule has 0 aliphatic carbocycles. The quantitative estimate of drug-likeness (QED) is 0.372. The number of hydrogen-bond acceptors (Lipinski definition) is 3. The zero-order valence-corrected chi connectivity index (χ0v) is 14.5. The molecule has 0 N–H and O–H groups in total. The lowest BCUT2D eigenvalue weighted by atomic mass is 10.0. The Bertz CT molecular complexity index is 449. The Morgan fingerprint density at radius 2 is 1.90 bits per heavy atom. The number of benzene rings is 1. The van der Waals surface area contributed by atoms with E-state index in [1.165, 1.54) is 0 Å². The molecule has 0 radical (unpaired) electrons. The van der Waals surface area contributed by atoms with Crippen molar-refractivity contribution in [1.82, 2.24) is 0 Å². The molecule has 4 heteroatoms. The molecule has 21 heavy (non-hydrogen) atoms. The average Bonchev–Trinajstić information content (AvgIpc) is 2.45. The Hall–Kier alpha value is -1.55. The number of carbonyl (C=O) groups is 1. The van der Waals surface area contributed by atoms with E-state index in [2.05, 4.69) is 19.6 Å².